The predicted molar refractivity (Wildman–Crippen MR) is 89.9 cm³/mol. The number of esters is 1. The Morgan fingerprint density at radius 3 is 2.69 bits per heavy atom. The van der Waals surface area contributed by atoms with E-state index in [9.17, 15) is 14.9 Å². The van der Waals surface area contributed by atoms with Crippen LogP contribution in [0.15, 0.2) is 40.2 Å². The Morgan fingerprint density at radius 2 is 2.08 bits per heavy atom. The van der Waals surface area contributed by atoms with E-state index in [4.69, 9.17) is 14.0 Å². The van der Waals surface area contributed by atoms with Gasteiger partial charge in [-0.15, -0.1) is 0 Å². The number of carbonyl (C=O) groups is 1. The molecule has 1 aromatic carbocycles. The summed E-state index contributed by atoms with van der Waals surface area (Å²) in [5, 5.41) is 15.9. The summed E-state index contributed by atoms with van der Waals surface area (Å²) >= 11 is 0.988. The minimum atomic E-state index is -0.529. The molecular weight excluding hydrogens is 362 g/mol. The van der Waals surface area contributed by atoms with Crippen LogP contribution in [0.5, 0.6) is 5.75 Å². The number of aromatic nitrogens is 2. The second kappa shape index (κ2) is 7.74. The van der Waals surface area contributed by atoms with Crippen molar-refractivity contribution in [3.05, 3.63) is 68.7 Å². The lowest BCUT2D eigenvalue weighted by atomic mass is 10.2. The standard InChI is InChI=1S/C16H13N3O6S/c1-10-17-14(18-25-10)8-23-13-4-2-12(3-5-13)16(20)24-7-11-6-15(19(21)22)26-9-11/h2-6,9H,7-8H2,1H3. The molecule has 0 aliphatic carbocycles. The number of carbonyl (C=O) groups excluding carboxylic acids is 1. The van der Waals surface area contributed by atoms with Crippen LogP contribution in [-0.2, 0) is 18.0 Å². The maximum atomic E-state index is 12.0. The van der Waals surface area contributed by atoms with Crippen LogP contribution in [0, 0.1) is 17.0 Å². The van der Waals surface area contributed by atoms with E-state index in [2.05, 4.69) is 10.1 Å². The van der Waals surface area contributed by atoms with Gasteiger partial charge in [0.2, 0.25) is 11.7 Å². The van der Waals surface area contributed by atoms with Crippen LogP contribution in [0.1, 0.15) is 27.6 Å². The van der Waals surface area contributed by atoms with Crippen molar-refractivity contribution in [3.63, 3.8) is 0 Å². The Kier molecular flexibility index (Phi) is 5.23. The van der Waals surface area contributed by atoms with Crippen LogP contribution in [-0.4, -0.2) is 21.0 Å². The third-order valence-corrected chi connectivity index (χ3v) is 4.15. The van der Waals surface area contributed by atoms with Crippen molar-refractivity contribution < 1.29 is 23.7 Å². The molecule has 0 saturated carbocycles. The fourth-order valence-corrected chi connectivity index (χ4v) is 2.72. The normalized spacial score (nSPS) is 10.5. The first-order valence-corrected chi connectivity index (χ1v) is 8.30. The van der Waals surface area contributed by atoms with E-state index in [1.54, 1.807) is 36.6 Å². The van der Waals surface area contributed by atoms with Crippen molar-refractivity contribution in [1.82, 2.24) is 10.1 Å². The highest BCUT2D eigenvalue weighted by Gasteiger charge is 2.12. The quantitative estimate of drug-likeness (QED) is 0.351. The smallest absolute Gasteiger partial charge is 0.338 e. The Hall–Kier alpha value is -3.27. The molecule has 0 aliphatic rings. The molecule has 0 bridgehead atoms. The van der Waals surface area contributed by atoms with Crippen molar-refractivity contribution in [1.29, 1.82) is 0 Å². The van der Waals surface area contributed by atoms with Gasteiger partial charge in [-0.2, -0.15) is 4.98 Å². The molecule has 0 N–H and O–H groups in total. The molecule has 0 fully saturated rings. The molecule has 0 unspecified atom stereocenters. The highest BCUT2D eigenvalue weighted by molar-refractivity contribution is 7.13. The maximum absolute atomic E-state index is 12.0. The van der Waals surface area contributed by atoms with Gasteiger partial charge in [-0.05, 0) is 24.3 Å². The first-order chi connectivity index (χ1) is 12.5. The average Bonchev–Trinajstić information content (AvgIpc) is 3.27. The molecule has 3 rings (SSSR count). The molecule has 26 heavy (non-hydrogen) atoms. The van der Waals surface area contributed by atoms with Crippen molar-refractivity contribution >= 4 is 22.3 Å². The summed E-state index contributed by atoms with van der Waals surface area (Å²) in [7, 11) is 0. The molecule has 0 spiro atoms. The molecule has 9 nitrogen and oxygen atoms in total. The van der Waals surface area contributed by atoms with E-state index in [1.165, 1.54) is 6.07 Å². The number of benzene rings is 1. The number of thiophene rings is 1. The topological polar surface area (TPSA) is 118 Å². The van der Waals surface area contributed by atoms with Crippen molar-refractivity contribution in [2.45, 2.75) is 20.1 Å². The first kappa shape index (κ1) is 17.5. The molecular formula is C16H13N3O6S. The summed E-state index contributed by atoms with van der Waals surface area (Å²) in [5.41, 5.74) is 0.919. The number of hydrogen-bond acceptors (Lipinski definition) is 9. The molecule has 0 saturated heterocycles. The number of ether oxygens (including phenoxy) is 2. The van der Waals surface area contributed by atoms with Crippen LogP contribution < -0.4 is 4.74 Å². The molecule has 3 aromatic rings. The summed E-state index contributed by atoms with van der Waals surface area (Å²) in [6.45, 7) is 1.81. The molecule has 2 heterocycles. The number of hydrogen-bond donors (Lipinski definition) is 0. The Morgan fingerprint density at radius 1 is 1.31 bits per heavy atom. The summed E-state index contributed by atoms with van der Waals surface area (Å²) in [6.07, 6.45) is 0. The van der Waals surface area contributed by atoms with E-state index in [1.807, 2.05) is 0 Å². The number of nitrogens with zero attached hydrogens (tertiary/aromatic N) is 3. The van der Waals surface area contributed by atoms with Gasteiger partial charge in [0.05, 0.1) is 10.5 Å². The van der Waals surface area contributed by atoms with Crippen LogP contribution in [0.4, 0.5) is 5.00 Å². The van der Waals surface area contributed by atoms with Gasteiger partial charge < -0.3 is 14.0 Å². The van der Waals surface area contributed by atoms with E-state index >= 15 is 0 Å². The minimum absolute atomic E-state index is 0.00865. The lowest BCUT2D eigenvalue weighted by Crippen LogP contribution is -2.05. The lowest BCUT2D eigenvalue weighted by Gasteiger charge is -2.06. The van der Waals surface area contributed by atoms with Gasteiger partial charge in [0, 0.05) is 23.9 Å². The van der Waals surface area contributed by atoms with Crippen LogP contribution in [0.3, 0.4) is 0 Å². The monoisotopic (exact) mass is 375 g/mol. The molecule has 2 aromatic heterocycles. The number of nitro groups is 1. The van der Waals surface area contributed by atoms with Crippen molar-refractivity contribution in [2.75, 3.05) is 0 Å². The third kappa shape index (κ3) is 4.42. The lowest BCUT2D eigenvalue weighted by molar-refractivity contribution is -0.380. The number of aryl methyl sites for hydroxylation is 1. The molecule has 0 amide bonds. The zero-order valence-electron chi connectivity index (χ0n) is 13.6. The average molecular weight is 375 g/mol. The van der Waals surface area contributed by atoms with E-state index < -0.39 is 10.9 Å². The molecule has 134 valence electrons. The molecule has 0 radical (unpaired) electrons. The van der Waals surface area contributed by atoms with Crippen LogP contribution >= 0.6 is 11.3 Å². The van der Waals surface area contributed by atoms with Crippen LogP contribution in [0.25, 0.3) is 0 Å². The first-order valence-electron chi connectivity index (χ1n) is 7.42. The second-order valence-electron chi connectivity index (χ2n) is 5.17. The summed E-state index contributed by atoms with van der Waals surface area (Å²) in [5.74, 6) is 0.894. The van der Waals surface area contributed by atoms with Gasteiger partial charge in [-0.1, -0.05) is 16.5 Å². The Bertz CT molecular complexity index is 918. The van der Waals surface area contributed by atoms with Crippen LogP contribution in [0.2, 0.25) is 0 Å². The largest absolute Gasteiger partial charge is 0.485 e. The van der Waals surface area contributed by atoms with Gasteiger partial charge in [0.1, 0.15) is 12.4 Å². The zero-order chi connectivity index (χ0) is 18.5. The van der Waals surface area contributed by atoms with E-state index in [-0.39, 0.29) is 18.2 Å². The summed E-state index contributed by atoms with van der Waals surface area (Å²) < 4.78 is 15.5. The Balaban J connectivity index is 1.52. The van der Waals surface area contributed by atoms with Gasteiger partial charge in [0.25, 0.3) is 0 Å². The second-order valence-corrected chi connectivity index (χ2v) is 6.06. The van der Waals surface area contributed by atoms with E-state index in [0.717, 1.165) is 11.3 Å². The highest BCUT2D eigenvalue weighted by Crippen LogP contribution is 2.23. The fourth-order valence-electron chi connectivity index (χ4n) is 2.00. The van der Waals surface area contributed by atoms with Gasteiger partial charge in [-0.3, -0.25) is 10.1 Å². The number of rotatable bonds is 7. The zero-order valence-corrected chi connectivity index (χ0v) is 14.4. The van der Waals surface area contributed by atoms with Crippen molar-refractivity contribution in [3.8, 4) is 5.75 Å². The minimum Gasteiger partial charge on any atom is -0.485 e. The van der Waals surface area contributed by atoms with Gasteiger partial charge in [0.15, 0.2) is 6.61 Å². The molecule has 0 atom stereocenters. The summed E-state index contributed by atoms with van der Waals surface area (Å²) in [6, 6.07) is 7.76. The fraction of sp³-hybridized carbons (Fsp3) is 0.188. The Labute approximate surface area is 151 Å². The van der Waals surface area contributed by atoms with E-state index in [0.29, 0.717) is 28.6 Å². The van der Waals surface area contributed by atoms with Gasteiger partial charge in [-0.25, -0.2) is 4.79 Å². The van der Waals surface area contributed by atoms with Gasteiger partial charge >= 0.3 is 11.0 Å². The predicted octanol–water partition coefficient (Wildman–Crippen LogP) is 3.28. The highest BCUT2D eigenvalue weighted by atomic mass is 32.1. The molecule has 10 heteroatoms. The summed E-state index contributed by atoms with van der Waals surface area (Å²) in [4.78, 5) is 26.2. The third-order valence-electron chi connectivity index (χ3n) is 3.22. The SMILES string of the molecule is Cc1nc(COc2ccc(C(=O)OCc3csc([N+](=O)[O-])c3)cc2)no1. The molecule has 0 aliphatic heterocycles. The maximum Gasteiger partial charge on any atom is 0.338 e. The van der Waals surface area contributed by atoms with Crippen molar-refractivity contribution in [2.24, 2.45) is 0 Å².